The summed E-state index contributed by atoms with van der Waals surface area (Å²) in [4.78, 5) is 0. The fourth-order valence-corrected chi connectivity index (χ4v) is 1.57. The molecule has 0 aromatic heterocycles. The van der Waals surface area contributed by atoms with Crippen LogP contribution < -0.4 is 0 Å². The van der Waals surface area contributed by atoms with Gasteiger partial charge in [0.05, 0.1) is 5.02 Å². The van der Waals surface area contributed by atoms with Crippen molar-refractivity contribution in [3.63, 3.8) is 0 Å². The molecule has 0 aliphatic rings. The summed E-state index contributed by atoms with van der Waals surface area (Å²) < 4.78 is 0. The molecule has 59 valence electrons. The lowest BCUT2D eigenvalue weighted by atomic mass is 10.1. The maximum absolute atomic E-state index is 5.91. The molecule has 1 radical (unpaired) electrons. The quantitative estimate of drug-likeness (QED) is 0.598. The smallest absolute Gasteiger partial charge is 0.0563 e. The van der Waals surface area contributed by atoms with Gasteiger partial charge in [-0.05, 0) is 17.5 Å². The molecule has 0 N–H and O–H groups in total. The fraction of sp³-hybridized carbons (Fsp3) is 0. The van der Waals surface area contributed by atoms with Gasteiger partial charge in [-0.1, -0.05) is 41.4 Å². The van der Waals surface area contributed by atoms with Gasteiger partial charge in [-0.2, -0.15) is 0 Å². The average Bonchev–Trinajstić information content (AvgIpc) is 2.04. The average molecular weight is 196 g/mol. The van der Waals surface area contributed by atoms with Crippen LogP contribution in [0, 0.1) is 6.07 Å². The van der Waals surface area contributed by atoms with Gasteiger partial charge >= 0.3 is 0 Å². The van der Waals surface area contributed by atoms with Gasteiger partial charge in [-0.15, -0.1) is 0 Å². The van der Waals surface area contributed by atoms with Crippen LogP contribution in [0.2, 0.25) is 10.0 Å². The van der Waals surface area contributed by atoms with Crippen LogP contribution in [0.3, 0.4) is 0 Å². The lowest BCUT2D eigenvalue weighted by molar-refractivity contribution is 1.73. The Kier molecular flexibility index (Phi) is 1.95. The number of hydrogen-bond acceptors (Lipinski definition) is 0. The number of hydrogen-bond donors (Lipinski definition) is 0. The van der Waals surface area contributed by atoms with Crippen LogP contribution in [0.5, 0.6) is 0 Å². The highest BCUT2D eigenvalue weighted by molar-refractivity contribution is 6.36. The molecular weight excluding hydrogens is 191 g/mol. The van der Waals surface area contributed by atoms with Crippen LogP contribution in [0.1, 0.15) is 0 Å². The van der Waals surface area contributed by atoms with E-state index in [0.717, 1.165) is 15.8 Å². The maximum atomic E-state index is 5.91. The van der Waals surface area contributed by atoms with Crippen molar-refractivity contribution in [2.24, 2.45) is 0 Å². The number of fused-ring (bicyclic) bond motifs is 1. The second-order valence-corrected chi connectivity index (χ2v) is 3.34. The molecule has 0 saturated carbocycles. The van der Waals surface area contributed by atoms with Crippen molar-refractivity contribution < 1.29 is 0 Å². The van der Waals surface area contributed by atoms with Gasteiger partial charge in [-0.25, -0.2) is 0 Å². The predicted octanol–water partition coefficient (Wildman–Crippen LogP) is 3.95. The third-order valence-electron chi connectivity index (χ3n) is 1.72. The molecule has 0 unspecified atom stereocenters. The molecule has 0 nitrogen and oxygen atoms in total. The Balaban J connectivity index is 2.86. The first-order valence-electron chi connectivity index (χ1n) is 3.53. The van der Waals surface area contributed by atoms with Crippen molar-refractivity contribution in [2.75, 3.05) is 0 Å². The summed E-state index contributed by atoms with van der Waals surface area (Å²) in [5.74, 6) is 0. The number of halogens is 2. The molecule has 0 spiro atoms. The molecule has 0 amide bonds. The minimum absolute atomic E-state index is 0.643. The third kappa shape index (κ3) is 1.28. The first-order chi connectivity index (χ1) is 5.77. The molecule has 0 atom stereocenters. The molecule has 0 aliphatic carbocycles. The highest BCUT2D eigenvalue weighted by Crippen LogP contribution is 2.25. The Labute approximate surface area is 80.7 Å². The molecule has 0 aliphatic heterocycles. The number of benzene rings is 2. The lowest BCUT2D eigenvalue weighted by Gasteiger charge is -1.98. The topological polar surface area (TPSA) is 0 Å². The normalized spacial score (nSPS) is 10.5. The molecule has 0 heterocycles. The largest absolute Gasteiger partial charge is 0.0843 e. The Morgan fingerprint density at radius 2 is 1.92 bits per heavy atom. The van der Waals surface area contributed by atoms with E-state index in [9.17, 15) is 0 Å². The van der Waals surface area contributed by atoms with Gasteiger partial charge in [0.2, 0.25) is 0 Å². The third-order valence-corrected chi connectivity index (χ3v) is 2.27. The SMILES string of the molecule is Clc1ccc2c(Cl)[c]ccc2c1. The predicted molar refractivity (Wildman–Crippen MR) is 52.8 cm³/mol. The van der Waals surface area contributed by atoms with Crippen LogP contribution in [0.4, 0.5) is 0 Å². The zero-order chi connectivity index (χ0) is 8.55. The summed E-state index contributed by atoms with van der Waals surface area (Å²) in [6, 6.07) is 12.3. The molecule has 0 saturated heterocycles. The molecule has 12 heavy (non-hydrogen) atoms. The molecule has 0 fully saturated rings. The monoisotopic (exact) mass is 195 g/mol. The number of rotatable bonds is 0. The minimum Gasteiger partial charge on any atom is -0.0843 e. The zero-order valence-electron chi connectivity index (χ0n) is 6.14. The van der Waals surface area contributed by atoms with Crippen LogP contribution in [0.15, 0.2) is 30.3 Å². The first-order valence-corrected chi connectivity index (χ1v) is 4.28. The van der Waals surface area contributed by atoms with E-state index in [1.807, 2.05) is 24.3 Å². The van der Waals surface area contributed by atoms with E-state index in [-0.39, 0.29) is 0 Å². The van der Waals surface area contributed by atoms with Gasteiger partial charge in [0.25, 0.3) is 0 Å². The Morgan fingerprint density at radius 1 is 1.08 bits per heavy atom. The summed E-state index contributed by atoms with van der Waals surface area (Å²) in [7, 11) is 0. The van der Waals surface area contributed by atoms with E-state index in [1.54, 1.807) is 6.07 Å². The molecule has 2 heteroatoms. The summed E-state index contributed by atoms with van der Waals surface area (Å²) >= 11 is 11.7. The van der Waals surface area contributed by atoms with Crippen LogP contribution in [-0.2, 0) is 0 Å². The standard InChI is InChI=1S/C10H5Cl2/c11-8-4-5-9-7(6-8)2-1-3-10(9)12/h1-2,4-6H. The molecule has 0 bridgehead atoms. The van der Waals surface area contributed by atoms with Crippen molar-refractivity contribution >= 4 is 34.0 Å². The Hall–Kier alpha value is -0.720. The van der Waals surface area contributed by atoms with Gasteiger partial charge in [0, 0.05) is 16.5 Å². The van der Waals surface area contributed by atoms with Gasteiger partial charge in [-0.3, -0.25) is 0 Å². The first kappa shape index (κ1) is 7.90. The second-order valence-electron chi connectivity index (χ2n) is 2.52. The summed E-state index contributed by atoms with van der Waals surface area (Å²) in [5.41, 5.74) is 0. The molecular formula is C10H5Cl2. The van der Waals surface area contributed by atoms with Crippen molar-refractivity contribution in [1.29, 1.82) is 0 Å². The van der Waals surface area contributed by atoms with Crippen LogP contribution in [-0.4, -0.2) is 0 Å². The van der Waals surface area contributed by atoms with Crippen molar-refractivity contribution in [2.45, 2.75) is 0 Å². The van der Waals surface area contributed by atoms with E-state index < -0.39 is 0 Å². The van der Waals surface area contributed by atoms with Crippen LogP contribution >= 0.6 is 23.2 Å². The van der Waals surface area contributed by atoms with E-state index in [0.29, 0.717) is 5.02 Å². The zero-order valence-corrected chi connectivity index (χ0v) is 7.65. The highest BCUT2D eigenvalue weighted by Gasteiger charge is 1.97. The van der Waals surface area contributed by atoms with E-state index in [1.165, 1.54) is 0 Å². The Morgan fingerprint density at radius 3 is 2.75 bits per heavy atom. The highest BCUT2D eigenvalue weighted by atomic mass is 35.5. The van der Waals surface area contributed by atoms with Crippen LogP contribution in [0.25, 0.3) is 10.8 Å². The van der Waals surface area contributed by atoms with Crippen molar-refractivity contribution in [1.82, 2.24) is 0 Å². The molecule has 2 rings (SSSR count). The maximum Gasteiger partial charge on any atom is 0.0563 e. The van der Waals surface area contributed by atoms with Crippen molar-refractivity contribution in [3.05, 3.63) is 46.4 Å². The summed E-state index contributed by atoms with van der Waals surface area (Å²) in [5, 5.41) is 3.41. The van der Waals surface area contributed by atoms with E-state index in [4.69, 9.17) is 23.2 Å². The fourth-order valence-electron chi connectivity index (χ4n) is 1.15. The van der Waals surface area contributed by atoms with E-state index >= 15 is 0 Å². The summed E-state index contributed by atoms with van der Waals surface area (Å²) in [6.45, 7) is 0. The van der Waals surface area contributed by atoms with E-state index in [2.05, 4.69) is 6.07 Å². The lowest BCUT2D eigenvalue weighted by Crippen LogP contribution is -1.73. The Bertz CT molecular complexity index is 421. The second kappa shape index (κ2) is 2.96. The van der Waals surface area contributed by atoms with Gasteiger partial charge < -0.3 is 0 Å². The molecule has 2 aromatic rings. The molecule has 2 aromatic carbocycles. The van der Waals surface area contributed by atoms with Gasteiger partial charge in [0.15, 0.2) is 0 Å². The summed E-state index contributed by atoms with van der Waals surface area (Å²) in [6.07, 6.45) is 0. The van der Waals surface area contributed by atoms with Gasteiger partial charge in [0.1, 0.15) is 0 Å². The minimum atomic E-state index is 0.643. The van der Waals surface area contributed by atoms with Crippen molar-refractivity contribution in [3.8, 4) is 0 Å².